The van der Waals surface area contributed by atoms with Crippen molar-refractivity contribution >= 4 is 17.6 Å². The number of benzene rings is 2. The predicted octanol–water partition coefficient (Wildman–Crippen LogP) is 2.65. The number of hydrogen-bond donors (Lipinski definition) is 2. The molecule has 0 atom stereocenters. The van der Waals surface area contributed by atoms with Gasteiger partial charge in [-0.1, -0.05) is 6.07 Å². The van der Waals surface area contributed by atoms with Crippen LogP contribution >= 0.6 is 0 Å². The molecule has 0 aromatic heterocycles. The van der Waals surface area contributed by atoms with Crippen LogP contribution in [0.2, 0.25) is 0 Å². The normalized spacial score (nSPS) is 9.71. The first-order chi connectivity index (χ1) is 10.0. The number of halogens is 1. The van der Waals surface area contributed by atoms with Gasteiger partial charge >= 0.3 is 5.97 Å². The molecule has 0 aliphatic carbocycles. The maximum Gasteiger partial charge on any atom is 0.335 e. The number of aromatic carboxylic acids is 1. The van der Waals surface area contributed by atoms with Crippen molar-refractivity contribution in [2.45, 2.75) is 0 Å². The zero-order chi connectivity index (χ0) is 15.4. The highest BCUT2D eigenvalue weighted by Crippen LogP contribution is 2.17. The number of nitriles is 1. The van der Waals surface area contributed by atoms with E-state index in [0.29, 0.717) is 5.56 Å². The van der Waals surface area contributed by atoms with E-state index in [0.717, 1.165) is 6.07 Å². The van der Waals surface area contributed by atoms with Crippen molar-refractivity contribution in [1.82, 2.24) is 0 Å². The van der Waals surface area contributed by atoms with E-state index in [-0.39, 0.29) is 16.8 Å². The number of hydrogen-bond acceptors (Lipinski definition) is 3. The quantitative estimate of drug-likeness (QED) is 0.906. The summed E-state index contributed by atoms with van der Waals surface area (Å²) in [6, 6.07) is 11.0. The van der Waals surface area contributed by atoms with Crippen molar-refractivity contribution in [3.05, 3.63) is 65.0 Å². The van der Waals surface area contributed by atoms with Crippen LogP contribution < -0.4 is 5.32 Å². The summed E-state index contributed by atoms with van der Waals surface area (Å²) in [5.41, 5.74) is 0.171. The zero-order valence-corrected chi connectivity index (χ0v) is 10.6. The second kappa shape index (κ2) is 5.84. The van der Waals surface area contributed by atoms with Crippen molar-refractivity contribution in [3.63, 3.8) is 0 Å². The van der Waals surface area contributed by atoms with Crippen molar-refractivity contribution < 1.29 is 19.1 Å². The fraction of sp³-hybridized carbons (Fsp3) is 0. The number of anilines is 1. The van der Waals surface area contributed by atoms with Gasteiger partial charge in [0.15, 0.2) is 0 Å². The Morgan fingerprint density at radius 3 is 2.52 bits per heavy atom. The maximum absolute atomic E-state index is 13.7. The largest absolute Gasteiger partial charge is 0.478 e. The molecule has 0 spiro atoms. The lowest BCUT2D eigenvalue weighted by molar-refractivity contribution is 0.0696. The zero-order valence-electron chi connectivity index (χ0n) is 10.6. The lowest BCUT2D eigenvalue weighted by Crippen LogP contribution is -2.13. The Bertz CT molecular complexity index is 766. The van der Waals surface area contributed by atoms with Crippen molar-refractivity contribution in [3.8, 4) is 6.07 Å². The Morgan fingerprint density at radius 1 is 1.14 bits per heavy atom. The second-order valence-electron chi connectivity index (χ2n) is 4.15. The van der Waals surface area contributed by atoms with Crippen LogP contribution in [0.25, 0.3) is 0 Å². The topological polar surface area (TPSA) is 90.2 Å². The lowest BCUT2D eigenvalue weighted by Gasteiger charge is -2.07. The first-order valence-corrected chi connectivity index (χ1v) is 5.85. The molecule has 1 amide bonds. The first kappa shape index (κ1) is 14.2. The van der Waals surface area contributed by atoms with Gasteiger partial charge in [0.05, 0.1) is 22.9 Å². The number of nitrogens with one attached hydrogen (secondary N) is 1. The minimum atomic E-state index is -1.26. The number of rotatable bonds is 3. The summed E-state index contributed by atoms with van der Waals surface area (Å²) in [6.45, 7) is 0. The van der Waals surface area contributed by atoms with Crippen LogP contribution in [0.4, 0.5) is 10.1 Å². The molecule has 2 N–H and O–H groups in total. The van der Waals surface area contributed by atoms with Gasteiger partial charge in [-0.25, -0.2) is 9.18 Å². The Hall–Kier alpha value is -3.20. The lowest BCUT2D eigenvalue weighted by atomic mass is 10.1. The Kier molecular flexibility index (Phi) is 3.95. The van der Waals surface area contributed by atoms with Gasteiger partial charge in [0.1, 0.15) is 5.82 Å². The monoisotopic (exact) mass is 284 g/mol. The van der Waals surface area contributed by atoms with Crippen LogP contribution in [0, 0.1) is 17.1 Å². The SMILES string of the molecule is N#Cc1cccc(C(=O)Nc2ccc(C(=O)O)cc2F)c1. The van der Waals surface area contributed by atoms with E-state index in [1.165, 1.54) is 30.3 Å². The molecule has 0 bridgehead atoms. The Labute approximate surface area is 119 Å². The molecule has 0 saturated carbocycles. The van der Waals surface area contributed by atoms with Gasteiger partial charge in [-0.15, -0.1) is 0 Å². The van der Waals surface area contributed by atoms with Gasteiger partial charge in [-0.05, 0) is 36.4 Å². The Balaban J connectivity index is 2.23. The van der Waals surface area contributed by atoms with Crippen LogP contribution in [0.15, 0.2) is 42.5 Å². The van der Waals surface area contributed by atoms with Crippen LogP contribution in [0.5, 0.6) is 0 Å². The molecule has 104 valence electrons. The molecule has 0 heterocycles. The van der Waals surface area contributed by atoms with Gasteiger partial charge in [0, 0.05) is 5.56 Å². The highest BCUT2D eigenvalue weighted by molar-refractivity contribution is 6.04. The second-order valence-corrected chi connectivity index (χ2v) is 4.15. The van der Waals surface area contributed by atoms with Crippen LogP contribution in [0.3, 0.4) is 0 Å². The molecule has 0 saturated heterocycles. The highest BCUT2D eigenvalue weighted by Gasteiger charge is 2.12. The summed E-state index contributed by atoms with van der Waals surface area (Å²) in [4.78, 5) is 22.6. The third-order valence-corrected chi connectivity index (χ3v) is 2.72. The number of amides is 1. The van der Waals surface area contributed by atoms with Crippen molar-refractivity contribution in [2.24, 2.45) is 0 Å². The van der Waals surface area contributed by atoms with Gasteiger partial charge in [-0.3, -0.25) is 4.79 Å². The molecule has 0 radical (unpaired) electrons. The smallest absolute Gasteiger partial charge is 0.335 e. The number of carbonyl (C=O) groups excluding carboxylic acids is 1. The summed E-state index contributed by atoms with van der Waals surface area (Å²) in [5.74, 6) is -2.69. The third-order valence-electron chi connectivity index (χ3n) is 2.72. The van der Waals surface area contributed by atoms with Crippen LogP contribution in [-0.4, -0.2) is 17.0 Å². The summed E-state index contributed by atoms with van der Waals surface area (Å²) in [7, 11) is 0. The van der Waals surface area contributed by atoms with E-state index in [4.69, 9.17) is 10.4 Å². The highest BCUT2D eigenvalue weighted by atomic mass is 19.1. The molecule has 21 heavy (non-hydrogen) atoms. The Morgan fingerprint density at radius 2 is 1.90 bits per heavy atom. The van der Waals surface area contributed by atoms with E-state index < -0.39 is 17.7 Å². The number of carboxylic acid groups (broad SMARTS) is 1. The fourth-order valence-electron chi connectivity index (χ4n) is 1.67. The third kappa shape index (κ3) is 3.22. The average Bonchev–Trinajstić information content (AvgIpc) is 2.49. The van der Waals surface area contributed by atoms with E-state index in [1.807, 2.05) is 6.07 Å². The van der Waals surface area contributed by atoms with Crippen LogP contribution in [-0.2, 0) is 0 Å². The van der Waals surface area contributed by atoms with E-state index in [2.05, 4.69) is 5.32 Å². The fourth-order valence-corrected chi connectivity index (χ4v) is 1.67. The van der Waals surface area contributed by atoms with Gasteiger partial charge in [0.25, 0.3) is 5.91 Å². The van der Waals surface area contributed by atoms with Gasteiger partial charge < -0.3 is 10.4 Å². The molecule has 2 rings (SSSR count). The minimum absolute atomic E-state index is 0.132. The van der Waals surface area contributed by atoms with Crippen molar-refractivity contribution in [2.75, 3.05) is 5.32 Å². The molecular formula is C15H9FN2O3. The first-order valence-electron chi connectivity index (χ1n) is 5.85. The minimum Gasteiger partial charge on any atom is -0.478 e. The van der Waals surface area contributed by atoms with Gasteiger partial charge in [-0.2, -0.15) is 5.26 Å². The molecule has 5 nitrogen and oxygen atoms in total. The summed E-state index contributed by atoms with van der Waals surface area (Å²) < 4.78 is 13.7. The van der Waals surface area contributed by atoms with Crippen molar-refractivity contribution in [1.29, 1.82) is 5.26 Å². The van der Waals surface area contributed by atoms with E-state index in [9.17, 15) is 14.0 Å². The molecule has 2 aromatic carbocycles. The standard InChI is InChI=1S/C15H9FN2O3/c16-12-7-11(15(20)21)4-5-13(12)18-14(19)10-3-1-2-9(6-10)8-17/h1-7H,(H,18,19)(H,20,21). The van der Waals surface area contributed by atoms with Gasteiger partial charge in [0.2, 0.25) is 0 Å². The molecule has 2 aromatic rings. The van der Waals surface area contributed by atoms with Crippen LogP contribution in [0.1, 0.15) is 26.3 Å². The number of nitrogens with zero attached hydrogens (tertiary/aromatic N) is 1. The molecule has 0 fully saturated rings. The number of carboxylic acids is 1. The molecular weight excluding hydrogens is 275 g/mol. The summed E-state index contributed by atoms with van der Waals surface area (Å²) >= 11 is 0. The molecule has 6 heteroatoms. The van der Waals surface area contributed by atoms with E-state index in [1.54, 1.807) is 6.07 Å². The predicted molar refractivity (Wildman–Crippen MR) is 72.5 cm³/mol. The average molecular weight is 284 g/mol. The maximum atomic E-state index is 13.7. The van der Waals surface area contributed by atoms with E-state index >= 15 is 0 Å². The molecule has 0 aliphatic rings. The number of carbonyl (C=O) groups is 2. The summed E-state index contributed by atoms with van der Waals surface area (Å²) in [6.07, 6.45) is 0. The molecule has 0 unspecified atom stereocenters. The molecule has 0 aliphatic heterocycles. The summed E-state index contributed by atoms with van der Waals surface area (Å²) in [5, 5.41) is 19.8.